The lowest BCUT2D eigenvalue weighted by atomic mass is 10.1. The maximum Gasteiger partial charge on any atom is 0.229 e. The van der Waals surface area contributed by atoms with Gasteiger partial charge in [-0.1, -0.05) is 5.21 Å². The van der Waals surface area contributed by atoms with Gasteiger partial charge in [0.2, 0.25) is 5.95 Å². The first kappa shape index (κ1) is 18.5. The van der Waals surface area contributed by atoms with E-state index in [1.807, 2.05) is 42.1 Å². The third-order valence-corrected chi connectivity index (χ3v) is 5.01. The van der Waals surface area contributed by atoms with Gasteiger partial charge in [-0.3, -0.25) is 4.68 Å². The van der Waals surface area contributed by atoms with E-state index in [0.717, 1.165) is 43.2 Å². The number of anilines is 2. The Kier molecular flexibility index (Phi) is 4.98. The molecule has 0 amide bonds. The Hall–Kier alpha value is -3.53. The average molecular weight is 406 g/mol. The Labute approximate surface area is 172 Å². The average Bonchev–Trinajstić information content (AvgIpc) is 3.42. The summed E-state index contributed by atoms with van der Waals surface area (Å²) in [6, 6.07) is 8.01. The Bertz CT molecular complexity index is 1130. The van der Waals surface area contributed by atoms with E-state index in [-0.39, 0.29) is 0 Å². The SMILES string of the molecule is CCOc1ccc(-n2nnc3cnc(Nc4cnn(C5CCOCC5)c4)nc32)cc1. The van der Waals surface area contributed by atoms with Crippen molar-refractivity contribution in [3.05, 3.63) is 42.9 Å². The first-order valence-electron chi connectivity index (χ1n) is 10.0. The third kappa shape index (κ3) is 3.69. The summed E-state index contributed by atoms with van der Waals surface area (Å²) in [4.78, 5) is 8.97. The summed E-state index contributed by atoms with van der Waals surface area (Å²) >= 11 is 0. The number of fused-ring (bicyclic) bond motifs is 1. The lowest BCUT2D eigenvalue weighted by Gasteiger charge is -2.22. The molecule has 0 atom stereocenters. The van der Waals surface area contributed by atoms with Gasteiger partial charge in [0.1, 0.15) is 5.75 Å². The highest BCUT2D eigenvalue weighted by Gasteiger charge is 2.17. The summed E-state index contributed by atoms with van der Waals surface area (Å²) in [6.07, 6.45) is 7.36. The van der Waals surface area contributed by atoms with Crippen LogP contribution in [0.15, 0.2) is 42.9 Å². The van der Waals surface area contributed by atoms with Gasteiger partial charge in [0.05, 0.1) is 36.4 Å². The Balaban J connectivity index is 1.38. The molecule has 154 valence electrons. The van der Waals surface area contributed by atoms with Crippen LogP contribution in [0.5, 0.6) is 5.75 Å². The van der Waals surface area contributed by atoms with Gasteiger partial charge in [-0.2, -0.15) is 14.8 Å². The van der Waals surface area contributed by atoms with Crippen molar-refractivity contribution in [3.8, 4) is 11.4 Å². The molecule has 10 nitrogen and oxygen atoms in total. The van der Waals surface area contributed by atoms with Gasteiger partial charge in [0.25, 0.3) is 0 Å². The van der Waals surface area contributed by atoms with Crippen molar-refractivity contribution in [1.29, 1.82) is 0 Å². The van der Waals surface area contributed by atoms with E-state index in [0.29, 0.717) is 29.8 Å². The minimum absolute atomic E-state index is 0.364. The van der Waals surface area contributed by atoms with Crippen LogP contribution in [0, 0.1) is 0 Å². The van der Waals surface area contributed by atoms with Crippen molar-refractivity contribution in [2.24, 2.45) is 0 Å². The van der Waals surface area contributed by atoms with E-state index in [2.05, 4.69) is 30.7 Å². The zero-order chi connectivity index (χ0) is 20.3. The van der Waals surface area contributed by atoms with Crippen LogP contribution in [0.1, 0.15) is 25.8 Å². The molecule has 0 saturated carbocycles. The van der Waals surface area contributed by atoms with Gasteiger partial charge < -0.3 is 14.8 Å². The van der Waals surface area contributed by atoms with E-state index in [1.165, 1.54) is 0 Å². The largest absolute Gasteiger partial charge is 0.494 e. The molecule has 10 heteroatoms. The predicted octanol–water partition coefficient (Wildman–Crippen LogP) is 2.90. The highest BCUT2D eigenvalue weighted by Crippen LogP contribution is 2.23. The smallest absolute Gasteiger partial charge is 0.229 e. The van der Waals surface area contributed by atoms with Crippen LogP contribution in [-0.4, -0.2) is 54.6 Å². The maximum atomic E-state index is 5.50. The fourth-order valence-corrected chi connectivity index (χ4v) is 3.49. The van der Waals surface area contributed by atoms with Crippen LogP contribution in [0.4, 0.5) is 11.6 Å². The normalized spacial score (nSPS) is 14.8. The van der Waals surface area contributed by atoms with Crippen molar-refractivity contribution >= 4 is 22.8 Å². The minimum Gasteiger partial charge on any atom is -0.494 e. The topological polar surface area (TPSA) is 105 Å². The number of aromatic nitrogens is 7. The molecule has 1 fully saturated rings. The van der Waals surface area contributed by atoms with Crippen molar-refractivity contribution in [2.45, 2.75) is 25.8 Å². The second-order valence-electron chi connectivity index (χ2n) is 7.01. The summed E-state index contributed by atoms with van der Waals surface area (Å²) < 4.78 is 14.6. The van der Waals surface area contributed by atoms with Crippen LogP contribution in [0.25, 0.3) is 16.9 Å². The highest BCUT2D eigenvalue weighted by molar-refractivity contribution is 5.72. The molecule has 30 heavy (non-hydrogen) atoms. The molecule has 0 unspecified atom stereocenters. The lowest BCUT2D eigenvalue weighted by Crippen LogP contribution is -2.19. The first-order valence-corrected chi connectivity index (χ1v) is 10.0. The molecule has 0 spiro atoms. The number of hydrogen-bond donors (Lipinski definition) is 1. The fraction of sp³-hybridized carbons (Fsp3) is 0.350. The Morgan fingerprint density at radius 3 is 2.80 bits per heavy atom. The number of ether oxygens (including phenoxy) is 2. The molecule has 1 saturated heterocycles. The molecular weight excluding hydrogens is 384 g/mol. The molecule has 1 aliphatic rings. The molecule has 4 heterocycles. The molecule has 1 aliphatic heterocycles. The van der Waals surface area contributed by atoms with Crippen molar-refractivity contribution in [2.75, 3.05) is 25.1 Å². The van der Waals surface area contributed by atoms with E-state index < -0.39 is 0 Å². The lowest BCUT2D eigenvalue weighted by molar-refractivity contribution is 0.0662. The summed E-state index contributed by atoms with van der Waals surface area (Å²) in [5, 5.41) is 16.1. The van der Waals surface area contributed by atoms with Crippen molar-refractivity contribution in [3.63, 3.8) is 0 Å². The number of benzene rings is 1. The summed E-state index contributed by atoms with van der Waals surface area (Å²) in [5.74, 6) is 1.27. The highest BCUT2D eigenvalue weighted by atomic mass is 16.5. The zero-order valence-corrected chi connectivity index (χ0v) is 16.6. The van der Waals surface area contributed by atoms with Crippen LogP contribution in [-0.2, 0) is 4.74 Å². The van der Waals surface area contributed by atoms with Crippen LogP contribution in [0.3, 0.4) is 0 Å². The zero-order valence-electron chi connectivity index (χ0n) is 16.6. The molecule has 4 aromatic rings. The van der Waals surface area contributed by atoms with Gasteiger partial charge in [-0.05, 0) is 44.0 Å². The minimum atomic E-state index is 0.364. The molecule has 0 bridgehead atoms. The van der Waals surface area contributed by atoms with Crippen molar-refractivity contribution < 1.29 is 9.47 Å². The van der Waals surface area contributed by atoms with Gasteiger partial charge in [-0.15, -0.1) is 5.10 Å². The number of nitrogens with zero attached hydrogens (tertiary/aromatic N) is 7. The number of nitrogens with one attached hydrogen (secondary N) is 1. The van der Waals surface area contributed by atoms with E-state index in [9.17, 15) is 0 Å². The first-order chi connectivity index (χ1) is 14.8. The standard InChI is InChI=1S/C20H22N8O2/c1-2-30-17-5-3-16(4-6-17)28-19-18(25-26-28)12-21-20(24-19)23-14-11-22-27(13-14)15-7-9-29-10-8-15/h3-6,11-13,15H,2,7-10H2,1H3,(H,21,23,24). The second-order valence-corrected chi connectivity index (χ2v) is 7.01. The monoisotopic (exact) mass is 406 g/mol. The van der Waals surface area contributed by atoms with Crippen molar-refractivity contribution in [1.82, 2.24) is 34.7 Å². The summed E-state index contributed by atoms with van der Waals surface area (Å²) in [5.41, 5.74) is 2.92. The molecule has 0 radical (unpaired) electrons. The van der Waals surface area contributed by atoms with Gasteiger partial charge in [-0.25, -0.2) is 4.98 Å². The number of hydrogen-bond acceptors (Lipinski definition) is 8. The molecule has 1 aromatic carbocycles. The molecule has 5 rings (SSSR count). The van der Waals surface area contributed by atoms with Gasteiger partial charge in [0.15, 0.2) is 11.2 Å². The molecule has 3 aromatic heterocycles. The second kappa shape index (κ2) is 8.07. The Morgan fingerprint density at radius 2 is 2.00 bits per heavy atom. The predicted molar refractivity (Wildman–Crippen MR) is 110 cm³/mol. The van der Waals surface area contributed by atoms with Gasteiger partial charge in [0, 0.05) is 19.4 Å². The van der Waals surface area contributed by atoms with Crippen LogP contribution < -0.4 is 10.1 Å². The summed E-state index contributed by atoms with van der Waals surface area (Å²) in [7, 11) is 0. The fourth-order valence-electron chi connectivity index (χ4n) is 3.49. The van der Waals surface area contributed by atoms with Crippen LogP contribution >= 0.6 is 0 Å². The molecular formula is C20H22N8O2. The van der Waals surface area contributed by atoms with E-state index in [1.54, 1.807) is 17.1 Å². The van der Waals surface area contributed by atoms with E-state index >= 15 is 0 Å². The Morgan fingerprint density at radius 1 is 1.17 bits per heavy atom. The van der Waals surface area contributed by atoms with E-state index in [4.69, 9.17) is 9.47 Å². The summed E-state index contributed by atoms with van der Waals surface area (Å²) in [6.45, 7) is 4.13. The quantitative estimate of drug-likeness (QED) is 0.521. The molecule has 0 aliphatic carbocycles. The van der Waals surface area contributed by atoms with Gasteiger partial charge >= 0.3 is 0 Å². The van der Waals surface area contributed by atoms with Crippen LogP contribution in [0.2, 0.25) is 0 Å². The molecule has 1 N–H and O–H groups in total. The third-order valence-electron chi connectivity index (χ3n) is 5.01. The number of rotatable bonds is 6. The maximum absolute atomic E-state index is 5.50.